The molecule has 0 aromatic heterocycles. The lowest BCUT2D eigenvalue weighted by atomic mass is 10.0. The van der Waals surface area contributed by atoms with Crippen LogP contribution in [0.25, 0.3) is 0 Å². The van der Waals surface area contributed by atoms with Crippen LogP contribution in [-0.2, 0) is 9.53 Å². The number of Topliss-reactive ketones (excluding diaryl/α,β-unsaturated/α-hetero) is 1. The van der Waals surface area contributed by atoms with Crippen molar-refractivity contribution in [2.75, 3.05) is 6.61 Å². The van der Waals surface area contributed by atoms with Crippen LogP contribution >= 0.6 is 0 Å². The number of hydrogen-bond donors (Lipinski definition) is 0. The Bertz CT molecular complexity index is 556. The lowest BCUT2D eigenvalue weighted by Gasteiger charge is -2.29. The summed E-state index contributed by atoms with van der Waals surface area (Å²) in [5.74, 6) is 0.578. The predicted octanol–water partition coefficient (Wildman–Crippen LogP) is 2.30. The minimum absolute atomic E-state index is 0.110. The van der Waals surface area contributed by atoms with Gasteiger partial charge in [-0.1, -0.05) is 30.3 Å². The molecule has 1 aliphatic heterocycles. The first-order valence-corrected chi connectivity index (χ1v) is 6.78. The van der Waals surface area contributed by atoms with E-state index in [1.54, 1.807) is 4.90 Å². The predicted molar refractivity (Wildman–Crippen MR) is 67.4 cm³/mol. The second-order valence-corrected chi connectivity index (χ2v) is 5.66. The molecule has 3 fully saturated rings. The van der Waals surface area contributed by atoms with E-state index >= 15 is 0 Å². The van der Waals surface area contributed by atoms with Gasteiger partial charge < -0.3 is 4.74 Å². The molecule has 0 unspecified atom stereocenters. The molecule has 3 atom stereocenters. The monoisotopic (exact) mass is 257 g/mol. The van der Waals surface area contributed by atoms with Crippen molar-refractivity contribution in [1.29, 1.82) is 0 Å². The highest BCUT2D eigenvalue weighted by Gasteiger charge is 2.70. The zero-order valence-corrected chi connectivity index (χ0v) is 10.5. The van der Waals surface area contributed by atoms with Crippen molar-refractivity contribution in [2.24, 2.45) is 5.92 Å². The molecule has 0 N–H and O–H groups in total. The first-order valence-electron chi connectivity index (χ1n) is 6.78. The maximum atomic E-state index is 12.2. The zero-order valence-electron chi connectivity index (χ0n) is 10.5. The van der Waals surface area contributed by atoms with Crippen LogP contribution in [0.15, 0.2) is 30.3 Å². The van der Waals surface area contributed by atoms with Crippen molar-refractivity contribution in [3.05, 3.63) is 35.9 Å². The largest absolute Gasteiger partial charge is 0.447 e. The number of hydrogen-bond acceptors (Lipinski definition) is 3. The van der Waals surface area contributed by atoms with Crippen molar-refractivity contribution in [2.45, 2.75) is 30.8 Å². The Labute approximate surface area is 111 Å². The molecule has 1 aromatic rings. The van der Waals surface area contributed by atoms with Gasteiger partial charge in [-0.3, -0.25) is 9.69 Å². The topological polar surface area (TPSA) is 46.6 Å². The number of ether oxygens (including phenoxy) is 1. The number of carbonyl (C=O) groups excluding carboxylic acids is 2. The van der Waals surface area contributed by atoms with Crippen molar-refractivity contribution in [3.8, 4) is 0 Å². The number of carbonyl (C=O) groups is 2. The first kappa shape index (κ1) is 11.0. The Hall–Kier alpha value is -1.84. The van der Waals surface area contributed by atoms with Gasteiger partial charge in [0.1, 0.15) is 12.1 Å². The van der Waals surface area contributed by atoms with Gasteiger partial charge in [-0.15, -0.1) is 0 Å². The van der Waals surface area contributed by atoms with Gasteiger partial charge in [-0.05, 0) is 24.3 Å². The van der Waals surface area contributed by atoms with Crippen LogP contribution in [0.2, 0.25) is 0 Å². The normalized spacial score (nSPS) is 36.3. The molecule has 3 aliphatic rings. The molecule has 1 saturated heterocycles. The lowest BCUT2D eigenvalue weighted by Crippen LogP contribution is -2.44. The average Bonchev–Trinajstić information content (AvgIpc) is 2.91. The molecule has 19 heavy (non-hydrogen) atoms. The van der Waals surface area contributed by atoms with E-state index in [2.05, 4.69) is 0 Å². The van der Waals surface area contributed by atoms with Gasteiger partial charge in [0, 0.05) is 6.42 Å². The van der Waals surface area contributed by atoms with Gasteiger partial charge in [-0.2, -0.15) is 0 Å². The smallest absolute Gasteiger partial charge is 0.411 e. The van der Waals surface area contributed by atoms with E-state index < -0.39 is 5.54 Å². The molecular formula is C15H15NO3. The van der Waals surface area contributed by atoms with Gasteiger partial charge in [0.05, 0.1) is 6.04 Å². The zero-order chi connectivity index (χ0) is 13.0. The number of nitrogens with zero attached hydrogens (tertiary/aromatic N) is 1. The van der Waals surface area contributed by atoms with E-state index in [-0.39, 0.29) is 17.9 Å². The molecule has 1 heterocycles. The quantitative estimate of drug-likeness (QED) is 0.816. The van der Waals surface area contributed by atoms with Gasteiger partial charge in [0.25, 0.3) is 0 Å². The molecule has 4 nitrogen and oxygen atoms in total. The molecule has 4 heteroatoms. The van der Waals surface area contributed by atoms with E-state index in [0.717, 1.165) is 18.4 Å². The van der Waals surface area contributed by atoms with Crippen molar-refractivity contribution in [1.82, 2.24) is 4.90 Å². The Balaban J connectivity index is 1.73. The Morgan fingerprint density at radius 2 is 2.00 bits per heavy atom. The SMILES string of the molecule is O=C1OC[C@@H](c2ccccc2)N1[C@]12C[C@H]1CCC2=O. The summed E-state index contributed by atoms with van der Waals surface area (Å²) in [6, 6.07) is 9.73. The first-order chi connectivity index (χ1) is 9.23. The Morgan fingerprint density at radius 1 is 1.21 bits per heavy atom. The summed E-state index contributed by atoms with van der Waals surface area (Å²) in [6.45, 7) is 0.352. The maximum Gasteiger partial charge on any atom is 0.411 e. The Kier molecular flexibility index (Phi) is 2.08. The number of cyclic esters (lactones) is 1. The van der Waals surface area contributed by atoms with Crippen LogP contribution in [0.5, 0.6) is 0 Å². The summed E-state index contributed by atoms with van der Waals surface area (Å²) in [4.78, 5) is 26.0. The van der Waals surface area contributed by atoms with Crippen LogP contribution < -0.4 is 0 Å². The number of rotatable bonds is 2. The second-order valence-electron chi connectivity index (χ2n) is 5.66. The summed E-state index contributed by atoms with van der Waals surface area (Å²) < 4.78 is 5.22. The van der Waals surface area contributed by atoms with Crippen LogP contribution in [0.1, 0.15) is 30.9 Å². The van der Waals surface area contributed by atoms with Crippen LogP contribution in [0, 0.1) is 5.92 Å². The number of fused-ring (bicyclic) bond motifs is 1. The van der Waals surface area contributed by atoms with E-state index in [1.807, 2.05) is 30.3 Å². The minimum atomic E-state index is -0.534. The average molecular weight is 257 g/mol. The highest BCUT2D eigenvalue weighted by molar-refractivity contribution is 5.98. The fourth-order valence-electron chi connectivity index (χ4n) is 3.73. The molecular weight excluding hydrogens is 242 g/mol. The fourth-order valence-corrected chi connectivity index (χ4v) is 3.73. The van der Waals surface area contributed by atoms with Crippen LogP contribution in [0.3, 0.4) is 0 Å². The molecule has 0 spiro atoms. The highest BCUT2D eigenvalue weighted by Crippen LogP contribution is 2.60. The van der Waals surface area contributed by atoms with Gasteiger partial charge >= 0.3 is 6.09 Å². The fraction of sp³-hybridized carbons (Fsp3) is 0.467. The van der Waals surface area contributed by atoms with Gasteiger partial charge in [-0.25, -0.2) is 4.79 Å². The third-order valence-electron chi connectivity index (χ3n) is 4.76. The van der Waals surface area contributed by atoms with Crippen LogP contribution in [0.4, 0.5) is 4.79 Å². The number of amides is 1. The molecule has 0 radical (unpaired) electrons. The van der Waals surface area contributed by atoms with E-state index in [4.69, 9.17) is 4.74 Å². The molecule has 2 aliphatic carbocycles. The molecule has 0 bridgehead atoms. The Morgan fingerprint density at radius 3 is 2.63 bits per heavy atom. The van der Waals surface area contributed by atoms with Crippen molar-refractivity contribution in [3.63, 3.8) is 0 Å². The van der Waals surface area contributed by atoms with Crippen molar-refractivity contribution >= 4 is 11.9 Å². The molecule has 1 aromatic carbocycles. The van der Waals surface area contributed by atoms with Gasteiger partial charge in [0.2, 0.25) is 0 Å². The minimum Gasteiger partial charge on any atom is -0.447 e. The van der Waals surface area contributed by atoms with E-state index in [0.29, 0.717) is 18.9 Å². The van der Waals surface area contributed by atoms with E-state index in [1.165, 1.54) is 0 Å². The maximum absolute atomic E-state index is 12.2. The molecule has 1 amide bonds. The summed E-state index contributed by atoms with van der Waals surface area (Å²) in [5, 5.41) is 0. The third-order valence-corrected chi connectivity index (χ3v) is 4.76. The molecule has 4 rings (SSSR count). The van der Waals surface area contributed by atoms with E-state index in [9.17, 15) is 9.59 Å². The highest BCUT2D eigenvalue weighted by atomic mass is 16.6. The lowest BCUT2D eigenvalue weighted by molar-refractivity contribution is -0.123. The summed E-state index contributed by atoms with van der Waals surface area (Å²) in [5.41, 5.74) is 0.516. The summed E-state index contributed by atoms with van der Waals surface area (Å²) in [7, 11) is 0. The van der Waals surface area contributed by atoms with Gasteiger partial charge in [0.15, 0.2) is 5.78 Å². The van der Waals surface area contributed by atoms with Crippen molar-refractivity contribution < 1.29 is 14.3 Å². The third kappa shape index (κ3) is 1.34. The van der Waals surface area contributed by atoms with Crippen LogP contribution in [-0.4, -0.2) is 28.9 Å². The summed E-state index contributed by atoms with van der Waals surface area (Å²) >= 11 is 0. The number of ketones is 1. The molecule has 2 saturated carbocycles. The number of benzene rings is 1. The second kappa shape index (κ2) is 3.59. The molecule has 98 valence electrons. The standard InChI is InChI=1S/C15H15NO3/c17-13-7-6-11-8-15(11,13)16-12(9-19-14(16)18)10-4-2-1-3-5-10/h1-5,11-12H,6-9H2/t11-,12+,15-/m1/s1. The summed E-state index contributed by atoms with van der Waals surface area (Å²) in [6.07, 6.45) is 2.02.